The van der Waals surface area contributed by atoms with Crippen LogP contribution in [0.15, 0.2) is 4.99 Å². The highest BCUT2D eigenvalue weighted by Gasteiger charge is 2.58. The topological polar surface area (TPSA) is 70.9 Å². The maximum atomic E-state index is 12.5. The van der Waals surface area contributed by atoms with E-state index >= 15 is 0 Å². The van der Waals surface area contributed by atoms with Crippen LogP contribution in [0.4, 0.5) is 0 Å². The van der Waals surface area contributed by atoms with Crippen molar-refractivity contribution in [1.29, 1.82) is 0 Å². The van der Waals surface area contributed by atoms with E-state index in [-0.39, 0.29) is 5.91 Å². The molecule has 2 aliphatic carbocycles. The number of nitrogens with one attached hydrogen (secondary N) is 1. The van der Waals surface area contributed by atoms with Crippen LogP contribution in [-0.2, 0) is 9.53 Å². The van der Waals surface area contributed by atoms with Crippen molar-refractivity contribution in [3.63, 3.8) is 0 Å². The number of hydrogen-bond acceptors (Lipinski definition) is 5. The number of carbonyl (C=O) groups excluding carboxylic acids is 1. The summed E-state index contributed by atoms with van der Waals surface area (Å²) in [6, 6.07) is 0.369. The van der Waals surface area contributed by atoms with Crippen LogP contribution in [0.1, 0.15) is 45.4 Å². The van der Waals surface area contributed by atoms with Gasteiger partial charge in [-0.2, -0.15) is 0 Å². The quantitative estimate of drug-likeness (QED) is 0.811. The summed E-state index contributed by atoms with van der Waals surface area (Å²) in [6.45, 7) is 2.87. The van der Waals surface area contributed by atoms with Gasteiger partial charge in [-0.1, -0.05) is 18.2 Å². The predicted molar refractivity (Wildman–Crippen MR) is 85.8 cm³/mol. The number of ether oxygens (including phenoxy) is 1. The molecular formula is C16H24N2O3S. The number of amidine groups is 1. The zero-order valence-corrected chi connectivity index (χ0v) is 13.8. The summed E-state index contributed by atoms with van der Waals surface area (Å²) in [7, 11) is 0. The Morgan fingerprint density at radius 3 is 2.73 bits per heavy atom. The molecule has 0 aromatic rings. The molecule has 2 saturated heterocycles. The standard InChI is InChI=1S/C16H24N2O3S/c1-15(16(20)4-6-21-7-5-16)13(19)18-14(22-15)17-12-9-10-2-3-11(12)8-10/h10-12,20H,2-9H2,1H3,(H,17,18,19)/t10-,11-,12-,15?/m0/s1. The number of thioether (sulfide) groups is 1. The van der Waals surface area contributed by atoms with Gasteiger partial charge in [0.15, 0.2) is 5.17 Å². The predicted octanol–water partition coefficient (Wildman–Crippen LogP) is 1.69. The zero-order chi connectivity index (χ0) is 15.4. The highest BCUT2D eigenvalue weighted by Crippen LogP contribution is 2.48. The van der Waals surface area contributed by atoms with Gasteiger partial charge in [-0.05, 0) is 38.0 Å². The van der Waals surface area contributed by atoms with Gasteiger partial charge in [0, 0.05) is 26.1 Å². The van der Waals surface area contributed by atoms with Crippen LogP contribution in [0, 0.1) is 11.8 Å². The van der Waals surface area contributed by atoms with Gasteiger partial charge in [-0.25, -0.2) is 0 Å². The largest absolute Gasteiger partial charge is 0.388 e. The third kappa shape index (κ3) is 2.22. The molecule has 122 valence electrons. The number of carbonyl (C=O) groups is 1. The molecule has 4 atom stereocenters. The summed E-state index contributed by atoms with van der Waals surface area (Å²) in [5, 5.41) is 14.6. The molecule has 2 bridgehead atoms. The van der Waals surface area contributed by atoms with Crippen LogP contribution in [0.25, 0.3) is 0 Å². The second-order valence-electron chi connectivity index (χ2n) is 7.41. The van der Waals surface area contributed by atoms with Gasteiger partial charge in [0.2, 0.25) is 5.91 Å². The number of fused-ring (bicyclic) bond motifs is 2. The molecule has 2 N–H and O–H groups in total. The Balaban J connectivity index is 1.53. The molecule has 4 aliphatic rings. The highest BCUT2D eigenvalue weighted by molar-refractivity contribution is 8.16. The monoisotopic (exact) mass is 324 g/mol. The lowest BCUT2D eigenvalue weighted by Gasteiger charge is -2.41. The second kappa shape index (κ2) is 5.21. The highest BCUT2D eigenvalue weighted by atomic mass is 32.2. The SMILES string of the molecule is CC1(C2(O)CCOCC2)SC(=N[C@H]2C[C@H]3CC[C@H]2C3)NC1=O. The summed E-state index contributed by atoms with van der Waals surface area (Å²) in [5.74, 6) is 1.43. The van der Waals surface area contributed by atoms with Gasteiger partial charge in [0.05, 0.1) is 11.6 Å². The maximum absolute atomic E-state index is 12.5. The van der Waals surface area contributed by atoms with E-state index in [1.54, 1.807) is 0 Å². The number of aliphatic hydroxyl groups is 1. The van der Waals surface area contributed by atoms with Crippen LogP contribution < -0.4 is 5.32 Å². The molecule has 5 nitrogen and oxygen atoms in total. The van der Waals surface area contributed by atoms with Crippen molar-refractivity contribution in [3.8, 4) is 0 Å². The molecule has 2 heterocycles. The summed E-state index contributed by atoms with van der Waals surface area (Å²) >= 11 is 1.42. The third-order valence-corrected chi connectivity index (χ3v) is 7.52. The Morgan fingerprint density at radius 1 is 1.32 bits per heavy atom. The number of rotatable bonds is 2. The second-order valence-corrected chi connectivity index (χ2v) is 8.82. The van der Waals surface area contributed by atoms with Crippen molar-refractivity contribution in [2.75, 3.05) is 13.2 Å². The number of nitrogens with zero attached hydrogens (tertiary/aromatic N) is 1. The van der Waals surface area contributed by atoms with Gasteiger partial charge < -0.3 is 15.2 Å². The molecule has 0 aromatic carbocycles. The first-order chi connectivity index (χ1) is 10.5. The minimum Gasteiger partial charge on any atom is -0.388 e. The number of amides is 1. The fourth-order valence-corrected chi connectivity index (χ4v) is 5.81. The van der Waals surface area contributed by atoms with E-state index in [0.29, 0.717) is 43.2 Å². The van der Waals surface area contributed by atoms with Crippen LogP contribution >= 0.6 is 11.8 Å². The number of hydrogen-bond donors (Lipinski definition) is 2. The van der Waals surface area contributed by atoms with Crippen LogP contribution in [0.2, 0.25) is 0 Å². The summed E-state index contributed by atoms with van der Waals surface area (Å²) < 4.78 is 4.49. The fraction of sp³-hybridized carbons (Fsp3) is 0.875. The smallest absolute Gasteiger partial charge is 0.245 e. The first-order valence-electron chi connectivity index (χ1n) is 8.39. The van der Waals surface area contributed by atoms with E-state index in [9.17, 15) is 9.90 Å². The molecule has 0 spiro atoms. The van der Waals surface area contributed by atoms with E-state index < -0.39 is 10.3 Å². The van der Waals surface area contributed by atoms with Gasteiger partial charge in [0.25, 0.3) is 0 Å². The molecule has 2 saturated carbocycles. The van der Waals surface area contributed by atoms with Crippen LogP contribution in [0.3, 0.4) is 0 Å². The van der Waals surface area contributed by atoms with Crippen molar-refractivity contribution in [1.82, 2.24) is 5.32 Å². The van der Waals surface area contributed by atoms with Gasteiger partial charge in [0.1, 0.15) is 4.75 Å². The third-order valence-electron chi connectivity index (χ3n) is 6.15. The minimum atomic E-state index is -1.01. The summed E-state index contributed by atoms with van der Waals surface area (Å²) in [5.41, 5.74) is -1.01. The molecule has 0 radical (unpaired) electrons. The lowest BCUT2D eigenvalue weighted by Crippen LogP contribution is -2.57. The van der Waals surface area contributed by atoms with E-state index in [1.807, 2.05) is 6.92 Å². The average Bonchev–Trinajstić information content (AvgIpc) is 3.16. The van der Waals surface area contributed by atoms with Crippen molar-refractivity contribution in [3.05, 3.63) is 0 Å². The molecule has 4 rings (SSSR count). The Kier molecular flexibility index (Phi) is 3.55. The zero-order valence-electron chi connectivity index (χ0n) is 13.0. The van der Waals surface area contributed by atoms with Gasteiger partial charge in [-0.15, -0.1) is 0 Å². The molecule has 6 heteroatoms. The lowest BCUT2D eigenvalue weighted by atomic mass is 9.81. The van der Waals surface area contributed by atoms with Crippen molar-refractivity contribution in [2.24, 2.45) is 16.8 Å². The molecule has 2 aliphatic heterocycles. The van der Waals surface area contributed by atoms with Crippen molar-refractivity contribution in [2.45, 2.75) is 61.8 Å². The van der Waals surface area contributed by atoms with Crippen LogP contribution in [0.5, 0.6) is 0 Å². The summed E-state index contributed by atoms with van der Waals surface area (Å²) in [6.07, 6.45) is 6.11. The lowest BCUT2D eigenvalue weighted by molar-refractivity contribution is -0.135. The van der Waals surface area contributed by atoms with E-state index in [1.165, 1.54) is 37.4 Å². The Morgan fingerprint density at radius 2 is 2.09 bits per heavy atom. The fourth-order valence-electron chi connectivity index (χ4n) is 4.55. The Labute approximate surface area is 135 Å². The van der Waals surface area contributed by atoms with Crippen molar-refractivity contribution < 1.29 is 14.6 Å². The Hall–Kier alpha value is -0.590. The van der Waals surface area contributed by atoms with Crippen molar-refractivity contribution >= 4 is 22.8 Å². The van der Waals surface area contributed by atoms with E-state index in [0.717, 1.165) is 5.92 Å². The number of aliphatic imine (C=N–C) groups is 1. The first kappa shape index (κ1) is 15.0. The van der Waals surface area contributed by atoms with Crippen LogP contribution in [-0.4, -0.2) is 45.8 Å². The maximum Gasteiger partial charge on any atom is 0.245 e. The molecule has 4 fully saturated rings. The van der Waals surface area contributed by atoms with E-state index in [2.05, 4.69) is 5.32 Å². The first-order valence-corrected chi connectivity index (χ1v) is 9.20. The summed E-state index contributed by atoms with van der Waals surface area (Å²) in [4.78, 5) is 17.4. The molecule has 22 heavy (non-hydrogen) atoms. The van der Waals surface area contributed by atoms with Gasteiger partial charge in [-0.3, -0.25) is 9.79 Å². The minimum absolute atomic E-state index is 0.108. The van der Waals surface area contributed by atoms with Gasteiger partial charge >= 0.3 is 0 Å². The molecular weight excluding hydrogens is 300 g/mol. The average molecular weight is 324 g/mol. The molecule has 1 amide bonds. The van der Waals surface area contributed by atoms with E-state index in [4.69, 9.17) is 9.73 Å². The molecule has 1 unspecified atom stereocenters. The molecule has 0 aromatic heterocycles. The normalized spacial score (nSPS) is 45.5. The Bertz CT molecular complexity index is 518.